The summed E-state index contributed by atoms with van der Waals surface area (Å²) in [4.78, 5) is 0. The van der Waals surface area contributed by atoms with Gasteiger partial charge < -0.3 is 9.84 Å². The monoisotopic (exact) mass is 373 g/mol. The Morgan fingerprint density at radius 3 is 2.29 bits per heavy atom. The molecule has 0 amide bonds. The van der Waals surface area contributed by atoms with Gasteiger partial charge in [-0.2, -0.15) is 0 Å². The quantitative estimate of drug-likeness (QED) is 0.810. The van der Waals surface area contributed by atoms with Crippen LogP contribution in [0.4, 0.5) is 10.1 Å². The van der Waals surface area contributed by atoms with Crippen LogP contribution in [0, 0.1) is 5.82 Å². The maximum atomic E-state index is 13.0. The molecule has 0 aliphatic rings. The molecule has 0 aliphatic carbocycles. The summed E-state index contributed by atoms with van der Waals surface area (Å²) in [5.41, 5.74) is 0.268. The molecule has 0 aromatic heterocycles. The summed E-state index contributed by atoms with van der Waals surface area (Å²) in [5, 5.41) is 10.6. The lowest BCUT2D eigenvalue weighted by atomic mass is 10.3. The van der Waals surface area contributed by atoms with Gasteiger partial charge in [0.05, 0.1) is 18.5 Å². The molecule has 0 aliphatic heterocycles. The van der Waals surface area contributed by atoms with Gasteiger partial charge in [-0.3, -0.25) is 4.31 Å². The Kier molecular flexibility index (Phi) is 6.04. The van der Waals surface area contributed by atoms with Crippen LogP contribution < -0.4 is 9.04 Å². The molecule has 5 nitrogen and oxygen atoms in total. The van der Waals surface area contributed by atoms with Gasteiger partial charge in [0.15, 0.2) is 0 Å². The van der Waals surface area contributed by atoms with Crippen molar-refractivity contribution in [3.63, 3.8) is 0 Å². The van der Waals surface area contributed by atoms with Crippen LogP contribution in [-0.4, -0.2) is 39.0 Å². The van der Waals surface area contributed by atoms with E-state index in [1.807, 2.05) is 0 Å². The van der Waals surface area contributed by atoms with Crippen molar-refractivity contribution in [2.45, 2.75) is 6.10 Å². The summed E-state index contributed by atoms with van der Waals surface area (Å²) < 4.78 is 43.3. The van der Waals surface area contributed by atoms with Gasteiger partial charge in [-0.05, 0) is 48.5 Å². The molecule has 0 spiro atoms. The van der Waals surface area contributed by atoms with Crippen LogP contribution in [0.25, 0.3) is 0 Å². The molecular formula is C16H17ClFNO4S. The average Bonchev–Trinajstić information content (AvgIpc) is 2.52. The van der Waals surface area contributed by atoms with Crippen LogP contribution in [-0.2, 0) is 10.0 Å². The zero-order valence-corrected chi connectivity index (χ0v) is 14.5. The predicted molar refractivity (Wildman–Crippen MR) is 91.5 cm³/mol. The molecule has 1 unspecified atom stereocenters. The number of sulfonamides is 1. The van der Waals surface area contributed by atoms with Crippen molar-refractivity contribution < 1.29 is 22.7 Å². The summed E-state index contributed by atoms with van der Waals surface area (Å²) >= 11 is 5.77. The van der Waals surface area contributed by atoms with E-state index in [0.29, 0.717) is 10.8 Å². The van der Waals surface area contributed by atoms with Crippen molar-refractivity contribution in [3.05, 3.63) is 59.4 Å². The van der Waals surface area contributed by atoms with Gasteiger partial charge in [0, 0.05) is 5.02 Å². The lowest BCUT2D eigenvalue weighted by Crippen LogP contribution is -2.39. The molecule has 1 N–H and O–H groups in total. The molecule has 0 radical (unpaired) electrons. The summed E-state index contributed by atoms with van der Waals surface area (Å²) in [7, 11) is -3.64. The van der Waals surface area contributed by atoms with Gasteiger partial charge in [0.2, 0.25) is 10.0 Å². The molecule has 2 rings (SSSR count). The third-order valence-corrected chi connectivity index (χ3v) is 4.56. The van der Waals surface area contributed by atoms with Gasteiger partial charge in [-0.1, -0.05) is 11.6 Å². The van der Waals surface area contributed by atoms with Crippen molar-refractivity contribution in [1.29, 1.82) is 0 Å². The Morgan fingerprint density at radius 1 is 1.17 bits per heavy atom. The number of halogens is 2. The first-order valence-corrected chi connectivity index (χ1v) is 9.28. The smallest absolute Gasteiger partial charge is 0.232 e. The summed E-state index contributed by atoms with van der Waals surface area (Å²) in [6, 6.07) is 11.6. The van der Waals surface area contributed by atoms with E-state index in [2.05, 4.69) is 0 Å². The second-order valence-electron chi connectivity index (χ2n) is 5.19. The maximum absolute atomic E-state index is 13.0. The van der Waals surface area contributed by atoms with Crippen molar-refractivity contribution in [2.75, 3.05) is 23.7 Å². The van der Waals surface area contributed by atoms with Crippen molar-refractivity contribution in [3.8, 4) is 5.75 Å². The molecule has 24 heavy (non-hydrogen) atoms. The molecule has 2 aromatic rings. The van der Waals surface area contributed by atoms with E-state index in [4.69, 9.17) is 16.3 Å². The molecular weight excluding hydrogens is 357 g/mol. The molecule has 0 fully saturated rings. The molecule has 0 heterocycles. The highest BCUT2D eigenvalue weighted by Gasteiger charge is 2.21. The van der Waals surface area contributed by atoms with Crippen molar-refractivity contribution in [1.82, 2.24) is 0 Å². The van der Waals surface area contributed by atoms with E-state index in [1.54, 1.807) is 24.3 Å². The van der Waals surface area contributed by atoms with Crippen LogP contribution in [0.2, 0.25) is 5.02 Å². The van der Waals surface area contributed by atoms with Gasteiger partial charge in [0.25, 0.3) is 0 Å². The Morgan fingerprint density at radius 2 is 1.75 bits per heavy atom. The highest BCUT2D eigenvalue weighted by molar-refractivity contribution is 7.92. The predicted octanol–water partition coefficient (Wildman–Crippen LogP) is 2.69. The van der Waals surface area contributed by atoms with Gasteiger partial charge >= 0.3 is 0 Å². The second kappa shape index (κ2) is 7.83. The van der Waals surface area contributed by atoms with Crippen molar-refractivity contribution in [2.24, 2.45) is 0 Å². The molecule has 0 bridgehead atoms. The molecule has 1 atom stereocenters. The minimum absolute atomic E-state index is 0.102. The minimum atomic E-state index is -3.64. The first-order valence-electron chi connectivity index (χ1n) is 7.05. The fourth-order valence-electron chi connectivity index (χ4n) is 2.01. The van der Waals surface area contributed by atoms with Gasteiger partial charge in [0.1, 0.15) is 24.3 Å². The number of benzene rings is 2. The maximum Gasteiger partial charge on any atom is 0.232 e. The number of aliphatic hydroxyl groups excluding tert-OH is 1. The van der Waals surface area contributed by atoms with E-state index in [1.165, 1.54) is 12.1 Å². The standard InChI is InChI=1S/C16H17ClFNO4S/c1-24(21,22)19(14-6-4-13(18)5-7-14)10-15(20)11-23-16-8-2-12(17)3-9-16/h2-9,15,20H,10-11H2,1H3. The highest BCUT2D eigenvalue weighted by Crippen LogP contribution is 2.19. The van der Waals surface area contributed by atoms with Crippen molar-refractivity contribution >= 4 is 27.3 Å². The molecule has 130 valence electrons. The number of aliphatic hydroxyl groups is 1. The van der Waals surface area contributed by atoms with Crippen LogP contribution in [0.3, 0.4) is 0 Å². The summed E-state index contributed by atoms with van der Waals surface area (Å²) in [6.07, 6.45) is -0.0520. The Bertz CT molecular complexity index is 766. The van der Waals surface area contributed by atoms with E-state index in [-0.39, 0.29) is 18.8 Å². The SMILES string of the molecule is CS(=O)(=O)N(CC(O)COc1ccc(Cl)cc1)c1ccc(F)cc1. The third kappa shape index (κ3) is 5.36. The molecule has 2 aromatic carbocycles. The van der Waals surface area contributed by atoms with E-state index < -0.39 is 21.9 Å². The Hall–Kier alpha value is -1.83. The van der Waals surface area contributed by atoms with Crippen LogP contribution in [0.5, 0.6) is 5.75 Å². The fraction of sp³-hybridized carbons (Fsp3) is 0.250. The minimum Gasteiger partial charge on any atom is -0.491 e. The zero-order valence-electron chi connectivity index (χ0n) is 12.9. The number of rotatable bonds is 7. The van der Waals surface area contributed by atoms with Crippen LogP contribution in [0.1, 0.15) is 0 Å². The van der Waals surface area contributed by atoms with E-state index in [0.717, 1.165) is 22.7 Å². The summed E-state index contributed by atoms with van der Waals surface area (Å²) in [5.74, 6) is 0.0324. The van der Waals surface area contributed by atoms with Crippen LogP contribution >= 0.6 is 11.6 Å². The Balaban J connectivity index is 2.03. The highest BCUT2D eigenvalue weighted by atomic mass is 35.5. The summed E-state index contributed by atoms with van der Waals surface area (Å²) in [6.45, 7) is -0.313. The molecule has 0 saturated heterocycles. The number of anilines is 1. The van der Waals surface area contributed by atoms with E-state index in [9.17, 15) is 17.9 Å². The largest absolute Gasteiger partial charge is 0.491 e. The first kappa shape index (κ1) is 18.5. The lowest BCUT2D eigenvalue weighted by Gasteiger charge is -2.25. The van der Waals surface area contributed by atoms with Crippen LogP contribution in [0.15, 0.2) is 48.5 Å². The lowest BCUT2D eigenvalue weighted by molar-refractivity contribution is 0.115. The third-order valence-electron chi connectivity index (χ3n) is 3.15. The average molecular weight is 374 g/mol. The van der Waals surface area contributed by atoms with E-state index >= 15 is 0 Å². The second-order valence-corrected chi connectivity index (χ2v) is 7.53. The normalized spacial score (nSPS) is 12.7. The van der Waals surface area contributed by atoms with Gasteiger partial charge in [-0.15, -0.1) is 0 Å². The molecule has 0 saturated carbocycles. The number of hydrogen-bond acceptors (Lipinski definition) is 4. The zero-order chi connectivity index (χ0) is 17.7. The molecule has 8 heteroatoms. The fourth-order valence-corrected chi connectivity index (χ4v) is 3.08. The Labute approximate surface area is 145 Å². The number of hydrogen-bond donors (Lipinski definition) is 1. The topological polar surface area (TPSA) is 66.8 Å². The van der Waals surface area contributed by atoms with Gasteiger partial charge in [-0.25, -0.2) is 12.8 Å². The number of nitrogens with zero attached hydrogens (tertiary/aromatic N) is 1. The number of ether oxygens (including phenoxy) is 1. The first-order chi connectivity index (χ1) is 11.3.